The van der Waals surface area contributed by atoms with Gasteiger partial charge in [-0.1, -0.05) is 0 Å². The topological polar surface area (TPSA) is 101 Å². The van der Waals surface area contributed by atoms with Gasteiger partial charge in [-0.3, -0.25) is 4.79 Å². The Labute approximate surface area is 221 Å². The number of halogens is 3. The Morgan fingerprint density at radius 3 is 2.29 bits per heavy atom. The zero-order valence-electron chi connectivity index (χ0n) is 21.5. The fourth-order valence-corrected chi connectivity index (χ4v) is 6.68. The van der Waals surface area contributed by atoms with Gasteiger partial charge in [0.05, 0.1) is 28.7 Å². The van der Waals surface area contributed by atoms with E-state index in [1.54, 1.807) is 6.92 Å². The Hall–Kier alpha value is -2.59. The molecule has 1 aromatic rings. The first-order chi connectivity index (χ1) is 18.0. The van der Waals surface area contributed by atoms with Crippen molar-refractivity contribution in [3.8, 4) is 6.07 Å². The summed E-state index contributed by atoms with van der Waals surface area (Å²) >= 11 is 0. The maximum atomic E-state index is 12.9. The van der Waals surface area contributed by atoms with E-state index in [9.17, 15) is 31.6 Å². The lowest BCUT2D eigenvalue weighted by Gasteiger charge is -2.43. The van der Waals surface area contributed by atoms with Crippen molar-refractivity contribution in [3.63, 3.8) is 0 Å². The summed E-state index contributed by atoms with van der Waals surface area (Å²) in [7, 11) is -3.26. The molecule has 5 rings (SSSR count). The molecule has 1 amide bonds. The molecule has 9 nitrogen and oxygen atoms in total. The first kappa shape index (κ1) is 27.0. The molecule has 2 saturated heterocycles. The van der Waals surface area contributed by atoms with Gasteiger partial charge in [0.15, 0.2) is 0 Å². The predicted octanol–water partition coefficient (Wildman–Crippen LogP) is 2.68. The van der Waals surface area contributed by atoms with Crippen LogP contribution in [0.5, 0.6) is 0 Å². The van der Waals surface area contributed by atoms with Crippen molar-refractivity contribution in [3.05, 3.63) is 17.3 Å². The average molecular weight is 555 g/mol. The monoisotopic (exact) mass is 554 g/mol. The number of hydrogen-bond donors (Lipinski definition) is 0. The summed E-state index contributed by atoms with van der Waals surface area (Å²) in [6.07, 6.45) is -2.28. The largest absolute Gasteiger partial charge is 0.397 e. The van der Waals surface area contributed by atoms with Crippen molar-refractivity contribution < 1.29 is 26.4 Å². The third-order valence-electron chi connectivity index (χ3n) is 7.99. The molecule has 0 radical (unpaired) electrons. The highest BCUT2D eigenvalue weighted by Crippen LogP contribution is 2.46. The number of aromatic nitrogens is 1. The smallest absolute Gasteiger partial charge is 0.367 e. The van der Waals surface area contributed by atoms with Crippen LogP contribution in [0.25, 0.3) is 0 Å². The molecule has 0 N–H and O–H groups in total. The van der Waals surface area contributed by atoms with Crippen molar-refractivity contribution in [1.82, 2.24) is 14.2 Å². The summed E-state index contributed by atoms with van der Waals surface area (Å²) < 4.78 is 64.8. The van der Waals surface area contributed by atoms with Crippen LogP contribution in [-0.2, 0) is 14.8 Å². The van der Waals surface area contributed by atoms with Gasteiger partial charge in [0.25, 0.3) is 0 Å². The zero-order chi connectivity index (χ0) is 27.2. The molecule has 3 heterocycles. The normalized spacial score (nSPS) is 23.4. The molecule has 4 fully saturated rings. The molecule has 0 aromatic carbocycles. The lowest BCUT2D eigenvalue weighted by molar-refractivity contribution is -0.163. The second-order valence-corrected chi connectivity index (χ2v) is 12.9. The number of amides is 1. The molecule has 208 valence electrons. The molecule has 0 unspecified atom stereocenters. The Morgan fingerprint density at radius 2 is 1.74 bits per heavy atom. The van der Waals surface area contributed by atoms with Crippen LogP contribution in [0, 0.1) is 17.2 Å². The van der Waals surface area contributed by atoms with Gasteiger partial charge in [0, 0.05) is 51.7 Å². The number of nitriles is 1. The summed E-state index contributed by atoms with van der Waals surface area (Å²) in [6, 6.07) is 3.77. The van der Waals surface area contributed by atoms with Crippen LogP contribution in [0.3, 0.4) is 0 Å². The Kier molecular flexibility index (Phi) is 7.24. The number of nitrogens with zero attached hydrogens (tertiary/aromatic N) is 6. The predicted molar refractivity (Wildman–Crippen MR) is 135 cm³/mol. The highest BCUT2D eigenvalue weighted by atomic mass is 32.2. The molecule has 2 saturated carbocycles. The number of anilines is 2. The number of piperazine rings is 2. The summed E-state index contributed by atoms with van der Waals surface area (Å²) in [5.41, 5.74) is 2.14. The maximum Gasteiger partial charge on any atom is 0.397 e. The van der Waals surface area contributed by atoms with Gasteiger partial charge in [-0.2, -0.15) is 22.7 Å². The lowest BCUT2D eigenvalue weighted by atomic mass is 10.0. The molecule has 2 aliphatic carbocycles. The van der Waals surface area contributed by atoms with Gasteiger partial charge in [-0.25, -0.2) is 13.4 Å². The number of carbonyl (C=O) groups excluding carboxylic acids is 1. The number of sulfonamides is 1. The fraction of sp³-hybridized carbons (Fsp3) is 0.720. The van der Waals surface area contributed by atoms with E-state index in [0.717, 1.165) is 37.1 Å². The molecule has 4 aliphatic rings. The van der Waals surface area contributed by atoms with Crippen molar-refractivity contribution in [2.24, 2.45) is 5.92 Å². The molecular weight excluding hydrogens is 521 g/mol. The standard InChI is InChI=1S/C25H33F3N6O3S/c1-2-38(36,37)33-10-7-31(8-11-33)20-13-19(15-29)24(30-23(20)18-5-6-18)32-9-12-34(21(16-32)17-3-4-17)22(35)14-25(26,27)28/h13,17-18,21H,2-12,14,16H2,1H3/t21-/m0/s1. The van der Waals surface area contributed by atoms with Crippen LogP contribution in [0.4, 0.5) is 24.7 Å². The van der Waals surface area contributed by atoms with E-state index < -0.39 is 28.5 Å². The highest BCUT2D eigenvalue weighted by molar-refractivity contribution is 7.89. The van der Waals surface area contributed by atoms with E-state index in [0.29, 0.717) is 50.6 Å². The molecule has 38 heavy (non-hydrogen) atoms. The third-order valence-corrected chi connectivity index (χ3v) is 9.87. The second-order valence-electron chi connectivity index (χ2n) is 10.7. The quantitative estimate of drug-likeness (QED) is 0.511. The first-order valence-corrected chi connectivity index (χ1v) is 14.9. The fourth-order valence-electron chi connectivity index (χ4n) is 5.60. The number of carbonyl (C=O) groups is 1. The van der Waals surface area contributed by atoms with Crippen LogP contribution in [0.1, 0.15) is 56.2 Å². The lowest BCUT2D eigenvalue weighted by Crippen LogP contribution is -2.57. The van der Waals surface area contributed by atoms with Crippen molar-refractivity contribution in [2.45, 2.75) is 57.2 Å². The van der Waals surface area contributed by atoms with Gasteiger partial charge in [0.2, 0.25) is 15.9 Å². The minimum absolute atomic E-state index is 0.0616. The Balaban J connectivity index is 1.38. The Bertz CT molecular complexity index is 1220. The van der Waals surface area contributed by atoms with Crippen molar-refractivity contribution in [1.29, 1.82) is 5.26 Å². The average Bonchev–Trinajstić information content (AvgIpc) is 3.80. The zero-order valence-corrected chi connectivity index (χ0v) is 22.3. The van der Waals surface area contributed by atoms with Gasteiger partial charge in [0.1, 0.15) is 18.3 Å². The van der Waals surface area contributed by atoms with Gasteiger partial charge < -0.3 is 14.7 Å². The van der Waals surface area contributed by atoms with E-state index in [1.165, 1.54) is 9.21 Å². The number of alkyl halides is 3. The van der Waals surface area contributed by atoms with Crippen molar-refractivity contribution >= 4 is 27.4 Å². The summed E-state index contributed by atoms with van der Waals surface area (Å²) in [4.78, 5) is 22.9. The highest BCUT2D eigenvalue weighted by Gasteiger charge is 2.44. The number of pyridine rings is 1. The van der Waals surface area contributed by atoms with Crippen LogP contribution in [0.15, 0.2) is 6.07 Å². The number of rotatable bonds is 7. The molecule has 0 bridgehead atoms. The van der Waals surface area contributed by atoms with Crippen LogP contribution >= 0.6 is 0 Å². The SMILES string of the molecule is CCS(=O)(=O)N1CCN(c2cc(C#N)c(N3CCN(C(=O)CC(F)(F)F)[C@H](C4CC4)C3)nc2C2CC2)CC1. The minimum Gasteiger partial charge on any atom is -0.367 e. The van der Waals surface area contributed by atoms with E-state index in [2.05, 4.69) is 11.0 Å². The molecule has 2 aliphatic heterocycles. The van der Waals surface area contributed by atoms with Gasteiger partial charge in [-0.15, -0.1) is 0 Å². The molecule has 1 aromatic heterocycles. The van der Waals surface area contributed by atoms with E-state index in [-0.39, 0.29) is 30.2 Å². The van der Waals surface area contributed by atoms with Gasteiger partial charge in [-0.05, 0) is 44.6 Å². The molecule has 1 atom stereocenters. The van der Waals surface area contributed by atoms with E-state index in [1.807, 2.05) is 11.0 Å². The van der Waals surface area contributed by atoms with Crippen LogP contribution in [0.2, 0.25) is 0 Å². The van der Waals surface area contributed by atoms with Crippen LogP contribution in [-0.4, -0.2) is 92.3 Å². The molecule has 0 spiro atoms. The number of hydrogen-bond acceptors (Lipinski definition) is 7. The first-order valence-electron chi connectivity index (χ1n) is 13.3. The minimum atomic E-state index is -4.54. The van der Waals surface area contributed by atoms with Crippen LogP contribution < -0.4 is 9.80 Å². The maximum absolute atomic E-state index is 12.9. The summed E-state index contributed by atoms with van der Waals surface area (Å²) in [5, 5.41) is 10.0. The second kappa shape index (κ2) is 10.2. The third kappa shape index (κ3) is 5.71. The van der Waals surface area contributed by atoms with E-state index >= 15 is 0 Å². The van der Waals surface area contributed by atoms with Crippen molar-refractivity contribution in [2.75, 3.05) is 61.4 Å². The summed E-state index contributed by atoms with van der Waals surface area (Å²) in [5.74, 6) is 0.132. The molecule has 13 heteroatoms. The molecular formula is C25H33F3N6O3S. The summed E-state index contributed by atoms with van der Waals surface area (Å²) in [6.45, 7) is 4.23. The van der Waals surface area contributed by atoms with Gasteiger partial charge >= 0.3 is 6.18 Å². The Morgan fingerprint density at radius 1 is 1.08 bits per heavy atom. The van der Waals surface area contributed by atoms with E-state index in [4.69, 9.17) is 4.98 Å².